The van der Waals surface area contributed by atoms with Gasteiger partial charge in [0, 0.05) is 5.25 Å². The molecule has 15 heavy (non-hydrogen) atoms. The lowest BCUT2D eigenvalue weighted by Gasteiger charge is -2.20. The second-order valence-electron chi connectivity index (χ2n) is 3.19. The highest BCUT2D eigenvalue weighted by atomic mass is 32.2. The molecule has 86 valence electrons. The van der Waals surface area contributed by atoms with Crippen molar-refractivity contribution in [3.05, 3.63) is 12.2 Å². The molecule has 0 spiro atoms. The van der Waals surface area contributed by atoms with E-state index in [0.29, 0.717) is 0 Å². The number of carbonyl (C=O) groups is 1. The van der Waals surface area contributed by atoms with Crippen molar-refractivity contribution < 1.29 is 18.0 Å². The van der Waals surface area contributed by atoms with Crippen LogP contribution in [0.3, 0.4) is 0 Å². The lowest BCUT2D eigenvalue weighted by Crippen LogP contribution is -2.20. The lowest BCUT2D eigenvalue weighted by atomic mass is 10.2. The Hall–Kier alpha value is -0.100. The molecule has 1 fully saturated rings. The van der Waals surface area contributed by atoms with Crippen molar-refractivity contribution in [1.29, 1.82) is 0 Å². The number of rotatable bonds is 2. The molecule has 1 aliphatic rings. The van der Waals surface area contributed by atoms with Gasteiger partial charge in [-0.2, -0.15) is 24.9 Å². The van der Waals surface area contributed by atoms with Gasteiger partial charge in [0.15, 0.2) is 0 Å². The van der Waals surface area contributed by atoms with Gasteiger partial charge in [-0.15, -0.1) is 0 Å². The van der Waals surface area contributed by atoms with E-state index in [4.69, 9.17) is 0 Å². The quantitative estimate of drug-likeness (QED) is 0.706. The Bertz CT molecular complexity index is 257. The maximum absolute atomic E-state index is 12.1. The van der Waals surface area contributed by atoms with Crippen LogP contribution in [0.2, 0.25) is 0 Å². The first-order valence-electron chi connectivity index (χ1n) is 4.46. The molecule has 0 aromatic rings. The zero-order chi connectivity index (χ0) is 11.5. The van der Waals surface area contributed by atoms with E-state index >= 15 is 0 Å². The number of thioether (sulfide) groups is 2. The molecule has 1 saturated heterocycles. The van der Waals surface area contributed by atoms with Crippen molar-refractivity contribution >= 4 is 28.6 Å². The summed E-state index contributed by atoms with van der Waals surface area (Å²) in [5.41, 5.74) is -1.24. The van der Waals surface area contributed by atoms with Gasteiger partial charge in [-0.25, -0.2) is 0 Å². The van der Waals surface area contributed by atoms with Crippen LogP contribution in [-0.4, -0.2) is 28.0 Å². The second kappa shape index (κ2) is 5.30. The lowest BCUT2D eigenvalue weighted by molar-refractivity contribution is -0.121. The molecule has 6 heteroatoms. The average molecular weight is 256 g/mol. The van der Waals surface area contributed by atoms with Crippen LogP contribution in [0, 0.1) is 0 Å². The molecule has 0 aromatic carbocycles. The Morgan fingerprint density at radius 2 is 1.87 bits per heavy atom. The fourth-order valence-corrected chi connectivity index (χ4v) is 3.57. The predicted molar refractivity (Wildman–Crippen MR) is 58.1 cm³/mol. The topological polar surface area (TPSA) is 17.1 Å². The Labute approximate surface area is 94.9 Å². The summed E-state index contributed by atoms with van der Waals surface area (Å²) in [6.07, 6.45) is -2.99. The average Bonchev–Trinajstić information content (AvgIpc) is 2.16. The van der Waals surface area contributed by atoms with E-state index in [-0.39, 0.29) is 5.25 Å². The molecule has 0 unspecified atom stereocenters. The van der Waals surface area contributed by atoms with Gasteiger partial charge in [-0.05, 0) is 24.3 Å². The molecule has 0 radical (unpaired) electrons. The molecule has 0 aromatic heterocycles. The fourth-order valence-electron chi connectivity index (χ4n) is 1.13. The molecule has 0 N–H and O–H groups in total. The molecule has 1 heterocycles. The SMILES string of the molecule is C=C(C(=O)SC1CCSCC1)C(F)(F)F. The predicted octanol–water partition coefficient (Wildman–Crippen LogP) is 3.26. The number of halogens is 3. The molecular formula is C9H11F3OS2. The monoisotopic (exact) mass is 256 g/mol. The number of carbonyl (C=O) groups excluding carboxylic acids is 1. The Balaban J connectivity index is 2.44. The minimum atomic E-state index is -4.59. The van der Waals surface area contributed by atoms with Crippen LogP contribution >= 0.6 is 23.5 Å². The van der Waals surface area contributed by atoms with Gasteiger partial charge in [0.25, 0.3) is 0 Å². The maximum Gasteiger partial charge on any atom is 0.420 e. The number of alkyl halides is 3. The van der Waals surface area contributed by atoms with Crippen LogP contribution in [0.25, 0.3) is 0 Å². The standard InChI is InChI=1S/C9H11F3OS2/c1-6(9(10,11)12)8(13)15-7-2-4-14-5-3-7/h7H,1-5H2. The third-order valence-corrected chi connectivity index (χ3v) is 4.34. The molecule has 0 atom stereocenters. The number of hydrogen-bond donors (Lipinski definition) is 0. The van der Waals surface area contributed by atoms with Crippen LogP contribution in [-0.2, 0) is 4.79 Å². The van der Waals surface area contributed by atoms with Gasteiger partial charge in [0.1, 0.15) is 5.57 Å². The van der Waals surface area contributed by atoms with Crippen LogP contribution < -0.4 is 0 Å². The van der Waals surface area contributed by atoms with Gasteiger partial charge in [0.05, 0.1) is 0 Å². The normalized spacial score (nSPS) is 18.9. The summed E-state index contributed by atoms with van der Waals surface area (Å²) in [4.78, 5) is 11.2. The first-order chi connectivity index (χ1) is 6.91. The summed E-state index contributed by atoms with van der Waals surface area (Å²) in [6.45, 7) is 2.79. The van der Waals surface area contributed by atoms with E-state index in [2.05, 4.69) is 6.58 Å². The fraction of sp³-hybridized carbons (Fsp3) is 0.667. The summed E-state index contributed by atoms with van der Waals surface area (Å²) in [5, 5.41) is -0.905. The van der Waals surface area contributed by atoms with Crippen LogP contribution in [0.15, 0.2) is 12.2 Å². The molecule has 1 aliphatic heterocycles. The highest BCUT2D eigenvalue weighted by Crippen LogP contribution is 2.33. The Morgan fingerprint density at radius 3 is 2.33 bits per heavy atom. The van der Waals surface area contributed by atoms with Crippen molar-refractivity contribution in [2.24, 2.45) is 0 Å². The zero-order valence-corrected chi connectivity index (χ0v) is 9.60. The highest BCUT2D eigenvalue weighted by molar-refractivity contribution is 8.14. The van der Waals surface area contributed by atoms with E-state index in [1.165, 1.54) is 0 Å². The Morgan fingerprint density at radius 1 is 1.33 bits per heavy atom. The highest BCUT2D eigenvalue weighted by Gasteiger charge is 2.37. The van der Waals surface area contributed by atoms with Crippen LogP contribution in [0.4, 0.5) is 13.2 Å². The van der Waals surface area contributed by atoms with E-state index < -0.39 is 16.9 Å². The summed E-state index contributed by atoms with van der Waals surface area (Å²) >= 11 is 2.55. The summed E-state index contributed by atoms with van der Waals surface area (Å²) in [7, 11) is 0. The molecule has 0 saturated carbocycles. The molecule has 1 nitrogen and oxygen atoms in total. The minimum Gasteiger partial charge on any atom is -0.282 e. The second-order valence-corrected chi connectivity index (χ2v) is 5.69. The molecular weight excluding hydrogens is 245 g/mol. The third kappa shape index (κ3) is 4.10. The minimum absolute atomic E-state index is 0.0258. The first kappa shape index (κ1) is 13.0. The summed E-state index contributed by atoms with van der Waals surface area (Å²) < 4.78 is 36.3. The number of hydrogen-bond acceptors (Lipinski definition) is 3. The van der Waals surface area contributed by atoms with Gasteiger partial charge >= 0.3 is 6.18 Å². The van der Waals surface area contributed by atoms with Crippen molar-refractivity contribution in [2.75, 3.05) is 11.5 Å². The maximum atomic E-state index is 12.1. The van der Waals surface area contributed by atoms with Crippen LogP contribution in [0.1, 0.15) is 12.8 Å². The molecule has 1 rings (SSSR count). The first-order valence-corrected chi connectivity index (χ1v) is 6.49. The van der Waals surface area contributed by atoms with E-state index in [1.807, 2.05) is 0 Å². The van der Waals surface area contributed by atoms with E-state index in [0.717, 1.165) is 36.1 Å². The van der Waals surface area contributed by atoms with Gasteiger partial charge in [0.2, 0.25) is 5.12 Å². The van der Waals surface area contributed by atoms with Gasteiger partial charge in [-0.1, -0.05) is 18.3 Å². The van der Waals surface area contributed by atoms with E-state index in [9.17, 15) is 18.0 Å². The molecule has 0 amide bonds. The summed E-state index contributed by atoms with van der Waals surface area (Å²) in [5.74, 6) is 1.84. The van der Waals surface area contributed by atoms with Crippen molar-refractivity contribution in [3.63, 3.8) is 0 Å². The zero-order valence-electron chi connectivity index (χ0n) is 7.97. The van der Waals surface area contributed by atoms with Crippen molar-refractivity contribution in [3.8, 4) is 0 Å². The Kier molecular flexibility index (Phi) is 4.58. The summed E-state index contributed by atoms with van der Waals surface area (Å²) in [6, 6.07) is 0. The van der Waals surface area contributed by atoms with Crippen molar-refractivity contribution in [2.45, 2.75) is 24.3 Å². The third-order valence-electron chi connectivity index (χ3n) is 2.03. The van der Waals surface area contributed by atoms with E-state index in [1.54, 1.807) is 11.8 Å². The molecule has 0 aliphatic carbocycles. The smallest absolute Gasteiger partial charge is 0.282 e. The van der Waals surface area contributed by atoms with Crippen molar-refractivity contribution in [1.82, 2.24) is 0 Å². The van der Waals surface area contributed by atoms with Crippen LogP contribution in [0.5, 0.6) is 0 Å². The largest absolute Gasteiger partial charge is 0.420 e. The van der Waals surface area contributed by atoms with Gasteiger partial charge < -0.3 is 0 Å². The molecule has 0 bridgehead atoms. The van der Waals surface area contributed by atoms with Gasteiger partial charge in [-0.3, -0.25) is 4.79 Å².